The Balaban J connectivity index is 2.15. The van der Waals surface area contributed by atoms with Gasteiger partial charge in [-0.15, -0.1) is 0 Å². The van der Waals surface area contributed by atoms with Gasteiger partial charge < -0.3 is 10.2 Å². The van der Waals surface area contributed by atoms with Gasteiger partial charge in [-0.25, -0.2) is 0 Å². The van der Waals surface area contributed by atoms with Crippen molar-refractivity contribution in [2.45, 2.75) is 20.4 Å². The molecular formula is C14H17BrClN5. The van der Waals surface area contributed by atoms with Crippen LogP contribution in [0.4, 0.5) is 11.9 Å². The number of nitrogens with one attached hydrogen (secondary N) is 1. The molecule has 0 aliphatic rings. The molecule has 1 aromatic carbocycles. The summed E-state index contributed by atoms with van der Waals surface area (Å²) in [6, 6.07) is 8.00. The highest BCUT2D eigenvalue weighted by Crippen LogP contribution is 2.18. The van der Waals surface area contributed by atoms with Crippen molar-refractivity contribution in [1.82, 2.24) is 15.0 Å². The van der Waals surface area contributed by atoms with Crippen LogP contribution in [0, 0.1) is 0 Å². The van der Waals surface area contributed by atoms with Crippen LogP contribution in [0.1, 0.15) is 19.4 Å². The molecule has 1 heterocycles. The Hall–Kier alpha value is -1.40. The fourth-order valence-corrected chi connectivity index (χ4v) is 2.46. The van der Waals surface area contributed by atoms with Crippen molar-refractivity contribution in [3.63, 3.8) is 0 Å². The third-order valence-corrected chi connectivity index (χ3v) is 3.98. The maximum Gasteiger partial charge on any atom is 0.231 e. The molecule has 0 fully saturated rings. The molecule has 1 aromatic heterocycles. The first-order valence-corrected chi connectivity index (χ1v) is 7.95. The first-order chi connectivity index (χ1) is 10.1. The monoisotopic (exact) mass is 369 g/mol. The minimum absolute atomic E-state index is 0.196. The normalized spacial score (nSPS) is 10.5. The Kier molecular flexibility index (Phi) is 5.76. The molecular weight excluding hydrogens is 354 g/mol. The number of anilines is 2. The zero-order valence-electron chi connectivity index (χ0n) is 12.0. The maximum atomic E-state index is 5.98. The van der Waals surface area contributed by atoms with Crippen molar-refractivity contribution >= 4 is 39.4 Å². The van der Waals surface area contributed by atoms with Crippen molar-refractivity contribution in [3.8, 4) is 0 Å². The second-order valence-electron chi connectivity index (χ2n) is 4.35. The second kappa shape index (κ2) is 7.56. The average Bonchev–Trinajstić information content (AvgIpc) is 2.47. The predicted molar refractivity (Wildman–Crippen MR) is 89.9 cm³/mol. The molecule has 0 aliphatic carbocycles. The summed E-state index contributed by atoms with van der Waals surface area (Å²) in [4.78, 5) is 14.7. The Morgan fingerprint density at radius 3 is 2.52 bits per heavy atom. The number of halogens is 2. The molecule has 0 radical (unpaired) electrons. The van der Waals surface area contributed by atoms with Gasteiger partial charge >= 0.3 is 0 Å². The maximum absolute atomic E-state index is 5.98. The van der Waals surface area contributed by atoms with Gasteiger partial charge in [0.2, 0.25) is 17.2 Å². The van der Waals surface area contributed by atoms with E-state index in [1.54, 1.807) is 0 Å². The molecule has 0 saturated carbocycles. The number of nitrogens with zero attached hydrogens (tertiary/aromatic N) is 4. The topological polar surface area (TPSA) is 53.9 Å². The standard InChI is InChI=1S/C14H17BrClN5/c1-3-21(4-2)14-19-12(16)18-13(20-14)17-9-10-7-5-6-8-11(10)15/h5-8H,3-4,9H2,1-2H3,(H,17,18,19,20). The molecule has 1 N–H and O–H groups in total. The van der Waals surface area contributed by atoms with Crippen molar-refractivity contribution in [3.05, 3.63) is 39.6 Å². The van der Waals surface area contributed by atoms with Crippen LogP contribution in [0.5, 0.6) is 0 Å². The fraction of sp³-hybridized carbons (Fsp3) is 0.357. The summed E-state index contributed by atoms with van der Waals surface area (Å²) >= 11 is 9.50. The van der Waals surface area contributed by atoms with Crippen molar-refractivity contribution in [1.29, 1.82) is 0 Å². The van der Waals surface area contributed by atoms with Gasteiger partial charge in [0.1, 0.15) is 0 Å². The molecule has 0 bridgehead atoms. The van der Waals surface area contributed by atoms with Gasteiger partial charge in [-0.2, -0.15) is 15.0 Å². The third-order valence-electron chi connectivity index (χ3n) is 3.04. The highest BCUT2D eigenvalue weighted by molar-refractivity contribution is 9.10. The summed E-state index contributed by atoms with van der Waals surface area (Å²) in [5.41, 5.74) is 1.12. The first kappa shape index (κ1) is 16.0. The van der Waals surface area contributed by atoms with E-state index in [0.29, 0.717) is 18.4 Å². The van der Waals surface area contributed by atoms with Crippen molar-refractivity contribution < 1.29 is 0 Å². The van der Waals surface area contributed by atoms with E-state index in [2.05, 4.69) is 50.0 Å². The SMILES string of the molecule is CCN(CC)c1nc(Cl)nc(NCc2ccccc2Br)n1. The number of hydrogen-bond donors (Lipinski definition) is 1. The quantitative estimate of drug-likeness (QED) is 0.839. The van der Waals surface area contributed by atoms with E-state index in [9.17, 15) is 0 Å². The van der Waals surface area contributed by atoms with E-state index in [4.69, 9.17) is 11.6 Å². The summed E-state index contributed by atoms with van der Waals surface area (Å²) in [7, 11) is 0. The number of benzene rings is 1. The first-order valence-electron chi connectivity index (χ1n) is 6.77. The van der Waals surface area contributed by atoms with Crippen LogP contribution in [0.25, 0.3) is 0 Å². The zero-order valence-corrected chi connectivity index (χ0v) is 14.3. The summed E-state index contributed by atoms with van der Waals surface area (Å²) < 4.78 is 1.04. The lowest BCUT2D eigenvalue weighted by Gasteiger charge is -2.18. The molecule has 112 valence electrons. The number of hydrogen-bond acceptors (Lipinski definition) is 5. The van der Waals surface area contributed by atoms with E-state index in [1.165, 1.54) is 0 Å². The lowest BCUT2D eigenvalue weighted by Crippen LogP contribution is -2.25. The largest absolute Gasteiger partial charge is 0.350 e. The number of aromatic nitrogens is 3. The molecule has 2 rings (SSSR count). The smallest absolute Gasteiger partial charge is 0.231 e. The molecule has 7 heteroatoms. The van der Waals surface area contributed by atoms with Gasteiger partial charge in [0, 0.05) is 24.1 Å². The van der Waals surface area contributed by atoms with E-state index >= 15 is 0 Å². The fourth-order valence-electron chi connectivity index (χ4n) is 1.88. The summed E-state index contributed by atoms with van der Waals surface area (Å²) in [5, 5.41) is 3.38. The molecule has 0 saturated heterocycles. The zero-order chi connectivity index (χ0) is 15.2. The lowest BCUT2D eigenvalue weighted by atomic mass is 10.2. The molecule has 0 unspecified atom stereocenters. The van der Waals surface area contributed by atoms with Crippen molar-refractivity contribution in [2.24, 2.45) is 0 Å². The van der Waals surface area contributed by atoms with Gasteiger partial charge in [-0.1, -0.05) is 34.1 Å². The van der Waals surface area contributed by atoms with Crippen LogP contribution in [0.15, 0.2) is 28.7 Å². The molecule has 0 spiro atoms. The highest BCUT2D eigenvalue weighted by Gasteiger charge is 2.10. The molecule has 2 aromatic rings. The van der Waals surface area contributed by atoms with Crippen LogP contribution in [-0.2, 0) is 6.54 Å². The van der Waals surface area contributed by atoms with Gasteiger partial charge in [0.25, 0.3) is 0 Å². The highest BCUT2D eigenvalue weighted by atomic mass is 79.9. The Morgan fingerprint density at radius 2 is 1.86 bits per heavy atom. The van der Waals surface area contributed by atoms with Gasteiger partial charge in [0.15, 0.2) is 0 Å². The minimum Gasteiger partial charge on any atom is -0.350 e. The molecule has 5 nitrogen and oxygen atoms in total. The predicted octanol–water partition coefficient (Wildman–Crippen LogP) is 3.75. The van der Waals surface area contributed by atoms with E-state index in [0.717, 1.165) is 23.1 Å². The minimum atomic E-state index is 0.196. The average molecular weight is 371 g/mol. The summed E-state index contributed by atoms with van der Waals surface area (Å²) in [6.45, 7) is 6.35. The van der Waals surface area contributed by atoms with Crippen LogP contribution >= 0.6 is 27.5 Å². The molecule has 0 aliphatic heterocycles. The molecule has 0 atom stereocenters. The van der Waals surface area contributed by atoms with E-state index < -0.39 is 0 Å². The van der Waals surface area contributed by atoms with Gasteiger partial charge in [-0.3, -0.25) is 0 Å². The van der Waals surface area contributed by atoms with Crippen LogP contribution in [-0.4, -0.2) is 28.0 Å². The van der Waals surface area contributed by atoms with Gasteiger partial charge in [-0.05, 0) is 37.1 Å². The molecule has 0 amide bonds. The third kappa shape index (κ3) is 4.28. The summed E-state index contributed by atoms with van der Waals surface area (Å²) in [6.07, 6.45) is 0. The van der Waals surface area contributed by atoms with Crippen LogP contribution in [0.3, 0.4) is 0 Å². The Labute approximate surface area is 137 Å². The van der Waals surface area contributed by atoms with Crippen LogP contribution < -0.4 is 10.2 Å². The lowest BCUT2D eigenvalue weighted by molar-refractivity contribution is 0.811. The van der Waals surface area contributed by atoms with Crippen LogP contribution in [0.2, 0.25) is 5.28 Å². The second-order valence-corrected chi connectivity index (χ2v) is 5.54. The Morgan fingerprint density at radius 1 is 1.14 bits per heavy atom. The van der Waals surface area contributed by atoms with E-state index in [1.807, 2.05) is 29.2 Å². The van der Waals surface area contributed by atoms with Crippen molar-refractivity contribution in [2.75, 3.05) is 23.3 Å². The number of rotatable bonds is 6. The van der Waals surface area contributed by atoms with E-state index in [-0.39, 0.29) is 5.28 Å². The molecule has 21 heavy (non-hydrogen) atoms. The Bertz CT molecular complexity index is 604. The summed E-state index contributed by atoms with van der Waals surface area (Å²) in [5.74, 6) is 1.07. The van der Waals surface area contributed by atoms with Gasteiger partial charge in [0.05, 0.1) is 0 Å².